The first-order valence-electron chi connectivity index (χ1n) is 6.77. The van der Waals surface area contributed by atoms with Crippen LogP contribution in [0, 0.1) is 0 Å². The number of carboxylic acids is 1. The number of fused-ring (bicyclic) bond motifs is 1. The van der Waals surface area contributed by atoms with Crippen LogP contribution >= 0.6 is 0 Å². The normalized spacial score (nSPS) is 16.8. The molecule has 3 rings (SSSR count). The predicted molar refractivity (Wildman–Crippen MR) is 75.9 cm³/mol. The molecule has 6 heteroatoms. The van der Waals surface area contributed by atoms with Crippen LogP contribution in [0.5, 0.6) is 0 Å². The van der Waals surface area contributed by atoms with Gasteiger partial charge >= 0.3 is 5.97 Å². The monoisotopic (exact) mass is 285 g/mol. The van der Waals surface area contributed by atoms with Crippen LogP contribution in [0.1, 0.15) is 12.0 Å². The van der Waals surface area contributed by atoms with Crippen LogP contribution in [0.25, 0.3) is 0 Å². The third kappa shape index (κ3) is 2.52. The fourth-order valence-electron chi connectivity index (χ4n) is 2.66. The van der Waals surface area contributed by atoms with Gasteiger partial charge in [-0.05, 0) is 17.7 Å². The Morgan fingerprint density at radius 2 is 2.10 bits per heavy atom. The zero-order chi connectivity index (χ0) is 14.8. The second-order valence-electron chi connectivity index (χ2n) is 4.97. The van der Waals surface area contributed by atoms with Gasteiger partial charge < -0.3 is 5.11 Å². The Labute approximate surface area is 121 Å². The van der Waals surface area contributed by atoms with Crippen LogP contribution in [0.4, 0.5) is 5.69 Å². The standard InChI is InChI=1S/C15H15N3O3/c19-14(6-9-17-8-3-7-16-17)18-12-5-2-1-4-11(12)10-13(18)15(20)21/h1-5,7-8,13H,6,9-10H2,(H,20,21). The number of benzene rings is 1. The second kappa shape index (κ2) is 5.40. The van der Waals surface area contributed by atoms with Gasteiger partial charge in [-0.25, -0.2) is 4.79 Å². The third-order valence-corrected chi connectivity index (χ3v) is 3.64. The largest absolute Gasteiger partial charge is 0.480 e. The minimum absolute atomic E-state index is 0.192. The molecular formula is C15H15N3O3. The van der Waals surface area contributed by atoms with Crippen molar-refractivity contribution in [3.63, 3.8) is 0 Å². The Morgan fingerprint density at radius 3 is 2.81 bits per heavy atom. The van der Waals surface area contributed by atoms with Crippen molar-refractivity contribution in [2.24, 2.45) is 0 Å². The number of aromatic nitrogens is 2. The number of carbonyl (C=O) groups excluding carboxylic acids is 1. The lowest BCUT2D eigenvalue weighted by Crippen LogP contribution is -2.43. The topological polar surface area (TPSA) is 75.4 Å². The molecule has 1 N–H and O–H groups in total. The average Bonchev–Trinajstić information content (AvgIpc) is 3.11. The fraction of sp³-hybridized carbons (Fsp3) is 0.267. The number of carboxylic acid groups (broad SMARTS) is 1. The first-order chi connectivity index (χ1) is 10.2. The molecule has 1 aliphatic rings. The first-order valence-corrected chi connectivity index (χ1v) is 6.77. The molecule has 0 saturated carbocycles. The highest BCUT2D eigenvalue weighted by Gasteiger charge is 2.37. The lowest BCUT2D eigenvalue weighted by Gasteiger charge is -2.22. The van der Waals surface area contributed by atoms with Crippen LogP contribution in [0.2, 0.25) is 0 Å². The fourth-order valence-corrected chi connectivity index (χ4v) is 2.66. The molecule has 0 fully saturated rings. The molecular weight excluding hydrogens is 270 g/mol. The smallest absolute Gasteiger partial charge is 0.327 e. The Balaban J connectivity index is 1.80. The molecule has 0 saturated heterocycles. The van der Waals surface area contributed by atoms with E-state index in [-0.39, 0.29) is 12.3 Å². The molecule has 1 aromatic heterocycles. The minimum Gasteiger partial charge on any atom is -0.480 e. The van der Waals surface area contributed by atoms with Crippen molar-refractivity contribution in [3.05, 3.63) is 48.3 Å². The molecule has 0 radical (unpaired) electrons. The number of aryl methyl sites for hydroxylation is 1. The molecule has 0 aliphatic carbocycles. The van der Waals surface area contributed by atoms with E-state index in [9.17, 15) is 14.7 Å². The summed E-state index contributed by atoms with van der Waals surface area (Å²) in [6.07, 6.45) is 4.01. The van der Waals surface area contributed by atoms with Crippen LogP contribution in [0.3, 0.4) is 0 Å². The molecule has 0 bridgehead atoms. The van der Waals surface area contributed by atoms with E-state index in [0.717, 1.165) is 5.56 Å². The van der Waals surface area contributed by atoms with Crippen LogP contribution in [0.15, 0.2) is 42.7 Å². The highest BCUT2D eigenvalue weighted by molar-refractivity contribution is 6.01. The maximum Gasteiger partial charge on any atom is 0.327 e. The summed E-state index contributed by atoms with van der Waals surface area (Å²) in [4.78, 5) is 25.2. The molecule has 1 atom stereocenters. The van der Waals surface area contributed by atoms with E-state index in [4.69, 9.17) is 0 Å². The zero-order valence-corrected chi connectivity index (χ0v) is 11.3. The van der Waals surface area contributed by atoms with Crippen LogP contribution in [-0.2, 0) is 22.6 Å². The SMILES string of the molecule is O=C(O)C1Cc2ccccc2N1C(=O)CCn1cccn1. The molecule has 21 heavy (non-hydrogen) atoms. The second-order valence-corrected chi connectivity index (χ2v) is 4.97. The highest BCUT2D eigenvalue weighted by Crippen LogP contribution is 2.32. The van der Waals surface area contributed by atoms with E-state index in [1.807, 2.05) is 18.2 Å². The van der Waals surface area contributed by atoms with Gasteiger partial charge in [0.2, 0.25) is 5.91 Å². The van der Waals surface area contributed by atoms with Gasteiger partial charge in [0.25, 0.3) is 0 Å². The number of aliphatic carboxylic acids is 1. The summed E-state index contributed by atoms with van der Waals surface area (Å²) in [6, 6.07) is 8.31. The van der Waals surface area contributed by atoms with Crippen molar-refractivity contribution in [3.8, 4) is 0 Å². The summed E-state index contributed by atoms with van der Waals surface area (Å²) in [5.74, 6) is -1.17. The molecule has 6 nitrogen and oxygen atoms in total. The van der Waals surface area contributed by atoms with Gasteiger partial charge in [0.15, 0.2) is 0 Å². The van der Waals surface area contributed by atoms with Crippen molar-refractivity contribution in [1.29, 1.82) is 0 Å². The average molecular weight is 285 g/mol. The zero-order valence-electron chi connectivity index (χ0n) is 11.3. The minimum atomic E-state index is -0.973. The van der Waals surface area contributed by atoms with Crippen LogP contribution < -0.4 is 4.90 Å². The van der Waals surface area contributed by atoms with Gasteiger partial charge in [-0.1, -0.05) is 18.2 Å². The van der Waals surface area contributed by atoms with Crippen LogP contribution in [-0.4, -0.2) is 32.8 Å². The number of hydrogen-bond acceptors (Lipinski definition) is 3. The predicted octanol–water partition coefficient (Wildman–Crippen LogP) is 1.32. The Hall–Kier alpha value is -2.63. The van der Waals surface area contributed by atoms with Crippen molar-refractivity contribution in [1.82, 2.24) is 9.78 Å². The van der Waals surface area contributed by atoms with Gasteiger partial charge in [-0.15, -0.1) is 0 Å². The Bertz CT molecular complexity index is 667. The van der Waals surface area contributed by atoms with E-state index in [0.29, 0.717) is 18.7 Å². The maximum atomic E-state index is 12.4. The first kappa shape index (κ1) is 13.4. The summed E-state index contributed by atoms with van der Waals surface area (Å²) in [5, 5.41) is 13.4. The van der Waals surface area contributed by atoms with E-state index < -0.39 is 12.0 Å². The molecule has 1 aromatic carbocycles. The van der Waals surface area contributed by atoms with Gasteiger partial charge in [-0.2, -0.15) is 5.10 Å². The summed E-state index contributed by atoms with van der Waals surface area (Å²) < 4.78 is 1.66. The summed E-state index contributed by atoms with van der Waals surface area (Å²) in [5.41, 5.74) is 1.60. The van der Waals surface area contributed by atoms with Gasteiger partial charge in [-0.3, -0.25) is 14.4 Å². The van der Waals surface area contributed by atoms with E-state index in [2.05, 4.69) is 5.10 Å². The van der Waals surface area contributed by atoms with Gasteiger partial charge in [0, 0.05) is 37.5 Å². The highest BCUT2D eigenvalue weighted by atomic mass is 16.4. The number of carbonyl (C=O) groups is 2. The number of anilines is 1. The molecule has 1 unspecified atom stereocenters. The molecule has 108 valence electrons. The number of hydrogen-bond donors (Lipinski definition) is 1. The van der Waals surface area contributed by atoms with Crippen molar-refractivity contribution >= 4 is 17.6 Å². The maximum absolute atomic E-state index is 12.4. The van der Waals surface area contributed by atoms with Crippen molar-refractivity contribution in [2.75, 3.05) is 4.90 Å². The van der Waals surface area contributed by atoms with Crippen molar-refractivity contribution in [2.45, 2.75) is 25.4 Å². The summed E-state index contributed by atoms with van der Waals surface area (Å²) >= 11 is 0. The van der Waals surface area contributed by atoms with E-state index in [1.54, 1.807) is 29.2 Å². The number of amides is 1. The lowest BCUT2D eigenvalue weighted by molar-refractivity contribution is -0.139. The Morgan fingerprint density at radius 1 is 1.29 bits per heavy atom. The summed E-state index contributed by atoms with van der Waals surface area (Å²) in [6.45, 7) is 0.441. The molecule has 2 aromatic rings. The molecule has 0 spiro atoms. The molecule has 1 amide bonds. The Kier molecular flexibility index (Phi) is 3.43. The van der Waals surface area contributed by atoms with E-state index >= 15 is 0 Å². The third-order valence-electron chi connectivity index (χ3n) is 3.64. The van der Waals surface area contributed by atoms with Gasteiger partial charge in [0.05, 0.1) is 0 Å². The van der Waals surface area contributed by atoms with Gasteiger partial charge in [0.1, 0.15) is 6.04 Å². The number of para-hydroxylation sites is 1. The van der Waals surface area contributed by atoms with E-state index in [1.165, 1.54) is 4.90 Å². The molecule has 2 heterocycles. The summed E-state index contributed by atoms with van der Waals surface area (Å²) in [7, 11) is 0. The van der Waals surface area contributed by atoms with Crippen molar-refractivity contribution < 1.29 is 14.7 Å². The number of nitrogens with zero attached hydrogens (tertiary/aromatic N) is 3. The lowest BCUT2D eigenvalue weighted by atomic mass is 10.1. The molecule has 1 aliphatic heterocycles. The quantitative estimate of drug-likeness (QED) is 0.919. The number of rotatable bonds is 4.